The van der Waals surface area contributed by atoms with Crippen LogP contribution in [0.5, 0.6) is 0 Å². The van der Waals surface area contributed by atoms with Gasteiger partial charge in [0.15, 0.2) is 5.15 Å². The van der Waals surface area contributed by atoms with E-state index >= 15 is 0 Å². The molecular weight excluding hydrogens is 326 g/mol. The summed E-state index contributed by atoms with van der Waals surface area (Å²) in [6.45, 7) is 8.31. The Balaban J connectivity index is 2.40. The summed E-state index contributed by atoms with van der Waals surface area (Å²) < 4.78 is 5.28. The van der Waals surface area contributed by atoms with Crippen LogP contribution in [0.25, 0.3) is 0 Å². The Morgan fingerprint density at radius 1 is 1.50 bits per heavy atom. The average molecular weight is 348 g/mol. The highest BCUT2D eigenvalue weighted by atomic mass is 35.5. The zero-order valence-corrected chi connectivity index (χ0v) is 15.0. The standard InChI is InChI=1S/C14H22ClN3O3S/c1-9(7-18(5)13(20)21-14(2,3)4)6-16-12(19)10-11(15)17-8-22-10/h8-9H,6-7H2,1-5H3,(H,16,19)/t9-/m1/s1. The van der Waals surface area contributed by atoms with Gasteiger partial charge < -0.3 is 15.0 Å². The molecule has 8 heteroatoms. The summed E-state index contributed by atoms with van der Waals surface area (Å²) >= 11 is 7.00. The fraction of sp³-hybridized carbons (Fsp3) is 0.643. The second-order valence-corrected chi connectivity index (χ2v) is 7.36. The minimum Gasteiger partial charge on any atom is -0.444 e. The van der Waals surface area contributed by atoms with Crippen molar-refractivity contribution in [2.45, 2.75) is 33.3 Å². The monoisotopic (exact) mass is 347 g/mol. The molecule has 0 aromatic carbocycles. The molecule has 0 spiro atoms. The Hall–Kier alpha value is -1.34. The SMILES string of the molecule is C[C@H](CNC(=O)c1scnc1Cl)CN(C)C(=O)OC(C)(C)C. The molecule has 2 amide bonds. The maximum absolute atomic E-state index is 11.9. The van der Waals surface area contributed by atoms with Gasteiger partial charge in [-0.1, -0.05) is 18.5 Å². The molecule has 0 bridgehead atoms. The average Bonchev–Trinajstić information content (AvgIpc) is 2.80. The Morgan fingerprint density at radius 2 is 2.14 bits per heavy atom. The van der Waals surface area contributed by atoms with Gasteiger partial charge in [0.05, 0.1) is 5.51 Å². The number of amides is 2. The summed E-state index contributed by atoms with van der Waals surface area (Å²) in [5.41, 5.74) is 1.00. The number of aromatic nitrogens is 1. The minimum absolute atomic E-state index is 0.0770. The molecular formula is C14H22ClN3O3S. The van der Waals surface area contributed by atoms with Crippen molar-refractivity contribution in [1.29, 1.82) is 0 Å². The second kappa shape index (κ2) is 7.78. The lowest BCUT2D eigenvalue weighted by Gasteiger charge is -2.26. The number of thiazole rings is 1. The van der Waals surface area contributed by atoms with Crippen LogP contribution in [0, 0.1) is 5.92 Å². The van der Waals surface area contributed by atoms with Crippen LogP contribution >= 0.6 is 22.9 Å². The van der Waals surface area contributed by atoms with Crippen molar-refractivity contribution in [3.8, 4) is 0 Å². The third-order valence-corrected chi connectivity index (χ3v) is 3.86. The lowest BCUT2D eigenvalue weighted by Crippen LogP contribution is -2.39. The molecule has 0 saturated heterocycles. The number of carbonyl (C=O) groups excluding carboxylic acids is 2. The molecule has 0 unspecified atom stereocenters. The fourth-order valence-corrected chi connectivity index (χ4v) is 2.59. The van der Waals surface area contributed by atoms with Gasteiger partial charge in [-0.25, -0.2) is 9.78 Å². The van der Waals surface area contributed by atoms with Gasteiger partial charge in [0, 0.05) is 20.1 Å². The first-order valence-corrected chi connectivity index (χ1v) is 8.17. The second-order valence-electron chi connectivity index (χ2n) is 6.15. The summed E-state index contributed by atoms with van der Waals surface area (Å²) in [5, 5.41) is 3.00. The van der Waals surface area contributed by atoms with E-state index in [4.69, 9.17) is 16.3 Å². The number of ether oxygens (including phenoxy) is 1. The summed E-state index contributed by atoms with van der Waals surface area (Å²) in [6, 6.07) is 0. The smallest absolute Gasteiger partial charge is 0.410 e. The highest BCUT2D eigenvalue weighted by molar-refractivity contribution is 7.12. The minimum atomic E-state index is -0.522. The highest BCUT2D eigenvalue weighted by Crippen LogP contribution is 2.18. The van der Waals surface area contributed by atoms with E-state index in [1.54, 1.807) is 7.05 Å². The zero-order chi connectivity index (χ0) is 16.9. The molecule has 0 radical (unpaired) electrons. The maximum atomic E-state index is 11.9. The van der Waals surface area contributed by atoms with E-state index in [0.717, 1.165) is 0 Å². The van der Waals surface area contributed by atoms with Crippen LogP contribution in [-0.4, -0.2) is 47.6 Å². The third-order valence-electron chi connectivity index (χ3n) is 2.63. The van der Waals surface area contributed by atoms with Gasteiger partial charge in [0.2, 0.25) is 0 Å². The lowest BCUT2D eigenvalue weighted by atomic mass is 10.1. The van der Waals surface area contributed by atoms with Crippen LogP contribution in [0.1, 0.15) is 37.4 Å². The molecule has 6 nitrogen and oxygen atoms in total. The molecule has 1 N–H and O–H groups in total. The number of nitrogens with zero attached hydrogens (tertiary/aromatic N) is 2. The first-order valence-electron chi connectivity index (χ1n) is 6.91. The normalized spacial score (nSPS) is 12.6. The molecule has 22 heavy (non-hydrogen) atoms. The van der Waals surface area contributed by atoms with Gasteiger partial charge in [-0.3, -0.25) is 4.79 Å². The van der Waals surface area contributed by atoms with Crippen molar-refractivity contribution in [1.82, 2.24) is 15.2 Å². The van der Waals surface area contributed by atoms with Gasteiger partial charge in [0.1, 0.15) is 10.5 Å². The summed E-state index contributed by atoms with van der Waals surface area (Å²) in [7, 11) is 1.67. The van der Waals surface area contributed by atoms with Crippen LogP contribution in [-0.2, 0) is 4.74 Å². The predicted molar refractivity (Wildman–Crippen MR) is 87.5 cm³/mol. The predicted octanol–water partition coefficient (Wildman–Crippen LogP) is 3.03. The fourth-order valence-electron chi connectivity index (χ4n) is 1.67. The lowest BCUT2D eigenvalue weighted by molar-refractivity contribution is 0.0277. The molecule has 0 aliphatic heterocycles. The van der Waals surface area contributed by atoms with Crippen molar-refractivity contribution in [2.24, 2.45) is 5.92 Å². The van der Waals surface area contributed by atoms with Crippen LogP contribution < -0.4 is 5.32 Å². The van der Waals surface area contributed by atoms with E-state index in [1.807, 2.05) is 27.7 Å². The molecule has 0 fully saturated rings. The molecule has 1 rings (SSSR count). The Labute approximate surface area is 139 Å². The molecule has 1 aromatic heterocycles. The van der Waals surface area contributed by atoms with E-state index in [9.17, 15) is 9.59 Å². The number of rotatable bonds is 5. The maximum Gasteiger partial charge on any atom is 0.410 e. The highest BCUT2D eigenvalue weighted by Gasteiger charge is 2.21. The van der Waals surface area contributed by atoms with Crippen LogP contribution in [0.3, 0.4) is 0 Å². The molecule has 124 valence electrons. The number of nitrogens with one attached hydrogen (secondary N) is 1. The number of hydrogen-bond acceptors (Lipinski definition) is 5. The van der Waals surface area contributed by atoms with Gasteiger partial charge in [-0.05, 0) is 26.7 Å². The quantitative estimate of drug-likeness (QED) is 0.888. The van der Waals surface area contributed by atoms with Crippen molar-refractivity contribution in [3.63, 3.8) is 0 Å². The first kappa shape index (κ1) is 18.7. The Bertz CT molecular complexity index is 528. The topological polar surface area (TPSA) is 71.5 Å². The Morgan fingerprint density at radius 3 is 2.64 bits per heavy atom. The van der Waals surface area contributed by atoms with Gasteiger partial charge >= 0.3 is 6.09 Å². The number of carbonyl (C=O) groups is 2. The van der Waals surface area contributed by atoms with Gasteiger partial charge in [-0.2, -0.15) is 0 Å². The molecule has 0 aliphatic carbocycles. The van der Waals surface area contributed by atoms with E-state index in [-0.39, 0.29) is 23.1 Å². The van der Waals surface area contributed by atoms with Gasteiger partial charge in [0.25, 0.3) is 5.91 Å². The van der Waals surface area contributed by atoms with Crippen LogP contribution in [0.2, 0.25) is 5.15 Å². The van der Waals surface area contributed by atoms with Crippen LogP contribution in [0.4, 0.5) is 4.79 Å². The first-order chi connectivity index (χ1) is 10.1. The van der Waals surface area contributed by atoms with Crippen molar-refractivity contribution >= 4 is 34.9 Å². The van der Waals surface area contributed by atoms with Crippen LogP contribution in [0.15, 0.2) is 5.51 Å². The molecule has 1 aromatic rings. The summed E-state index contributed by atoms with van der Waals surface area (Å²) in [6.07, 6.45) is -0.379. The van der Waals surface area contributed by atoms with Gasteiger partial charge in [-0.15, -0.1) is 11.3 Å². The molecule has 1 heterocycles. The van der Waals surface area contributed by atoms with Crippen molar-refractivity contribution in [3.05, 3.63) is 15.5 Å². The number of hydrogen-bond donors (Lipinski definition) is 1. The van der Waals surface area contributed by atoms with E-state index in [1.165, 1.54) is 21.7 Å². The molecule has 0 aliphatic rings. The van der Waals surface area contributed by atoms with E-state index in [2.05, 4.69) is 10.3 Å². The zero-order valence-electron chi connectivity index (χ0n) is 13.5. The summed E-state index contributed by atoms with van der Waals surface area (Å²) in [5.74, 6) is -0.174. The number of halogens is 1. The van der Waals surface area contributed by atoms with Crippen molar-refractivity contribution in [2.75, 3.05) is 20.1 Å². The van der Waals surface area contributed by atoms with E-state index in [0.29, 0.717) is 18.0 Å². The Kier molecular flexibility index (Phi) is 6.62. The summed E-state index contributed by atoms with van der Waals surface area (Å²) in [4.78, 5) is 29.5. The largest absolute Gasteiger partial charge is 0.444 e. The third kappa shape index (κ3) is 6.19. The molecule has 1 atom stereocenters. The molecule has 0 saturated carbocycles. The van der Waals surface area contributed by atoms with E-state index < -0.39 is 5.60 Å². The van der Waals surface area contributed by atoms with Crippen molar-refractivity contribution < 1.29 is 14.3 Å².